The van der Waals surface area contributed by atoms with Crippen LogP contribution in [0.3, 0.4) is 0 Å². The maximum Gasteiger partial charge on any atom is 0.383 e. The summed E-state index contributed by atoms with van der Waals surface area (Å²) in [5.74, 6) is 1.00. The van der Waals surface area contributed by atoms with Crippen LogP contribution in [0.1, 0.15) is 67.2 Å². The van der Waals surface area contributed by atoms with Gasteiger partial charge in [0.2, 0.25) is 5.75 Å². The van der Waals surface area contributed by atoms with E-state index in [0.29, 0.717) is 42.1 Å². The molecule has 2 aromatic rings. The van der Waals surface area contributed by atoms with Crippen LogP contribution in [0.5, 0.6) is 17.2 Å². The molecule has 0 spiro atoms. The zero-order chi connectivity index (χ0) is 24.2. The van der Waals surface area contributed by atoms with Gasteiger partial charge in [0.05, 0.1) is 18.1 Å². The van der Waals surface area contributed by atoms with E-state index in [1.807, 2.05) is 38.1 Å². The molecule has 0 bridgehead atoms. The predicted molar refractivity (Wildman–Crippen MR) is 136 cm³/mol. The van der Waals surface area contributed by atoms with Crippen LogP contribution in [-0.2, 0) is 0 Å². The molecule has 0 radical (unpaired) electrons. The average molecular weight is 455 g/mol. The van der Waals surface area contributed by atoms with Crippen LogP contribution < -0.4 is 19.8 Å². The van der Waals surface area contributed by atoms with E-state index >= 15 is 0 Å². The number of allylic oxidation sites excluding steroid dienone is 4. The Kier molecular flexibility index (Phi) is 10.8. The topological polar surface area (TPSA) is 57.9 Å². The number of ether oxygens (including phenoxy) is 3. The van der Waals surface area contributed by atoms with Crippen molar-refractivity contribution in [3.05, 3.63) is 64.1 Å². The fraction of sp³-hybridized carbons (Fsp3) is 0.464. The molecule has 0 aliphatic rings. The molecular weight excluding hydrogens is 416 g/mol. The van der Waals surface area contributed by atoms with Crippen molar-refractivity contribution in [2.45, 2.75) is 73.3 Å². The second kappa shape index (κ2) is 13.6. The molecule has 0 fully saturated rings. The van der Waals surface area contributed by atoms with E-state index in [-0.39, 0.29) is 11.9 Å². The number of rotatable bonds is 13. The quantitative estimate of drug-likeness (QED) is 0.179. The molecule has 0 unspecified atom stereocenters. The highest BCUT2D eigenvalue weighted by Crippen LogP contribution is 2.37. The van der Waals surface area contributed by atoms with Crippen LogP contribution in [0.2, 0.25) is 0 Å². The van der Waals surface area contributed by atoms with Crippen molar-refractivity contribution < 1.29 is 18.6 Å². The summed E-state index contributed by atoms with van der Waals surface area (Å²) in [4.78, 5) is 12.8. The largest absolute Gasteiger partial charge is 0.487 e. The molecular formula is C28H38O5. The van der Waals surface area contributed by atoms with Crippen molar-refractivity contribution in [3.63, 3.8) is 0 Å². The minimum Gasteiger partial charge on any atom is -0.487 e. The third kappa shape index (κ3) is 8.49. The number of benzene rings is 1. The van der Waals surface area contributed by atoms with Crippen molar-refractivity contribution in [3.8, 4) is 17.2 Å². The van der Waals surface area contributed by atoms with Crippen LogP contribution in [0.15, 0.2) is 62.9 Å². The molecule has 0 aliphatic heterocycles. The molecule has 5 heteroatoms. The maximum absolute atomic E-state index is 12.8. The van der Waals surface area contributed by atoms with Crippen molar-refractivity contribution in [2.75, 3.05) is 13.2 Å². The molecule has 0 aliphatic carbocycles. The highest BCUT2D eigenvalue weighted by Gasteiger charge is 2.20. The molecule has 5 nitrogen and oxygen atoms in total. The predicted octanol–water partition coefficient (Wildman–Crippen LogP) is 7.39. The molecule has 1 heterocycles. The highest BCUT2D eigenvalue weighted by atomic mass is 16.5. The Balaban J connectivity index is 2.35. The third-order valence-electron chi connectivity index (χ3n) is 4.86. The van der Waals surface area contributed by atoms with Crippen LogP contribution in [0.25, 0.3) is 11.0 Å². The second-order valence-electron chi connectivity index (χ2n) is 8.55. The Labute approximate surface area is 197 Å². The minimum atomic E-state index is -0.568. The summed E-state index contributed by atoms with van der Waals surface area (Å²) in [5, 5.41) is 0.655. The van der Waals surface area contributed by atoms with E-state index in [4.69, 9.17) is 18.6 Å². The van der Waals surface area contributed by atoms with E-state index in [2.05, 4.69) is 39.8 Å². The summed E-state index contributed by atoms with van der Waals surface area (Å²) in [6, 6.07) is 5.51. The lowest BCUT2D eigenvalue weighted by Crippen LogP contribution is -2.12. The molecule has 1 aromatic heterocycles. The fourth-order valence-electron chi connectivity index (χ4n) is 3.24. The SMILES string of the molecule is CC/C=C/CCOc1c(OC/C=C(\C)CCC=C(C)C)c2cccc(OC(C)C)c2oc1=O. The molecule has 2 rings (SSSR count). The number of fused-ring (bicyclic) bond motifs is 1. The summed E-state index contributed by atoms with van der Waals surface area (Å²) in [7, 11) is 0. The maximum atomic E-state index is 12.8. The van der Waals surface area contributed by atoms with Gasteiger partial charge >= 0.3 is 5.63 Å². The fourth-order valence-corrected chi connectivity index (χ4v) is 3.24. The Hall–Kier alpha value is -2.95. The lowest BCUT2D eigenvalue weighted by atomic mass is 10.1. The van der Waals surface area contributed by atoms with Crippen molar-refractivity contribution in [2.24, 2.45) is 0 Å². The van der Waals surface area contributed by atoms with Crippen molar-refractivity contribution in [1.29, 1.82) is 0 Å². The Morgan fingerprint density at radius 3 is 2.52 bits per heavy atom. The summed E-state index contributed by atoms with van der Waals surface area (Å²) >= 11 is 0. The van der Waals surface area contributed by atoms with Gasteiger partial charge in [0.1, 0.15) is 6.61 Å². The van der Waals surface area contributed by atoms with Crippen LogP contribution >= 0.6 is 0 Å². The van der Waals surface area contributed by atoms with Gasteiger partial charge in [-0.3, -0.25) is 0 Å². The molecule has 33 heavy (non-hydrogen) atoms. The number of hydrogen-bond donors (Lipinski definition) is 0. The van der Waals surface area contributed by atoms with Gasteiger partial charge in [-0.2, -0.15) is 0 Å². The summed E-state index contributed by atoms with van der Waals surface area (Å²) in [5.41, 5.74) is 2.35. The van der Waals surface area contributed by atoms with Gasteiger partial charge in [0.25, 0.3) is 0 Å². The Bertz CT molecular complexity index is 1040. The standard InChI is InChI=1S/C28H38O5/c1-7-8-9-10-18-30-27-26(31-19-17-22(6)14-11-13-20(2)3)23-15-12-16-24(32-21(4)5)25(23)33-28(27)29/h8-9,12-13,15-17,21H,7,10-11,14,18-19H2,1-6H3/b9-8+,22-17+. The average Bonchev–Trinajstić information content (AvgIpc) is 2.75. The second-order valence-corrected chi connectivity index (χ2v) is 8.55. The third-order valence-corrected chi connectivity index (χ3v) is 4.86. The first-order chi connectivity index (χ1) is 15.8. The van der Waals surface area contributed by atoms with Gasteiger partial charge in [0, 0.05) is 0 Å². The van der Waals surface area contributed by atoms with Gasteiger partial charge in [-0.25, -0.2) is 4.79 Å². The van der Waals surface area contributed by atoms with E-state index in [1.165, 1.54) is 11.1 Å². The molecule has 0 atom stereocenters. The molecule has 0 amide bonds. The molecule has 0 saturated carbocycles. The molecule has 0 N–H and O–H groups in total. The molecule has 1 aromatic carbocycles. The Morgan fingerprint density at radius 2 is 1.82 bits per heavy atom. The lowest BCUT2D eigenvalue weighted by molar-refractivity contribution is 0.239. The van der Waals surface area contributed by atoms with Crippen molar-refractivity contribution >= 4 is 11.0 Å². The summed E-state index contributed by atoms with van der Waals surface area (Å²) < 4.78 is 23.4. The van der Waals surface area contributed by atoms with E-state index in [0.717, 1.165) is 19.3 Å². The van der Waals surface area contributed by atoms with Gasteiger partial charge in [-0.15, -0.1) is 0 Å². The number of hydrogen-bond acceptors (Lipinski definition) is 5. The monoisotopic (exact) mass is 454 g/mol. The minimum absolute atomic E-state index is 0.0575. The van der Waals surface area contributed by atoms with Gasteiger partial charge < -0.3 is 18.6 Å². The first-order valence-electron chi connectivity index (χ1n) is 11.8. The summed E-state index contributed by atoms with van der Waals surface area (Å²) in [6.45, 7) is 12.9. The van der Waals surface area contributed by atoms with Crippen LogP contribution in [-0.4, -0.2) is 19.3 Å². The highest BCUT2D eigenvalue weighted by molar-refractivity contribution is 5.89. The van der Waals surface area contributed by atoms with Gasteiger partial charge in [-0.1, -0.05) is 42.4 Å². The van der Waals surface area contributed by atoms with E-state index in [9.17, 15) is 4.79 Å². The van der Waals surface area contributed by atoms with Crippen LogP contribution in [0.4, 0.5) is 0 Å². The van der Waals surface area contributed by atoms with Crippen molar-refractivity contribution in [1.82, 2.24) is 0 Å². The van der Waals surface area contributed by atoms with Gasteiger partial charge in [0.15, 0.2) is 17.1 Å². The lowest BCUT2D eigenvalue weighted by Gasteiger charge is -2.15. The first-order valence-corrected chi connectivity index (χ1v) is 11.8. The zero-order valence-corrected chi connectivity index (χ0v) is 20.9. The number of para-hydroxylation sites is 1. The smallest absolute Gasteiger partial charge is 0.383 e. The van der Waals surface area contributed by atoms with E-state index in [1.54, 1.807) is 6.07 Å². The van der Waals surface area contributed by atoms with E-state index < -0.39 is 5.63 Å². The molecule has 180 valence electrons. The molecule has 0 saturated heterocycles. The summed E-state index contributed by atoms with van der Waals surface area (Å²) in [6.07, 6.45) is 11.9. The first kappa shape index (κ1) is 26.3. The Morgan fingerprint density at radius 1 is 1.03 bits per heavy atom. The zero-order valence-electron chi connectivity index (χ0n) is 20.9. The van der Waals surface area contributed by atoms with Crippen LogP contribution in [0, 0.1) is 0 Å². The van der Waals surface area contributed by atoms with Gasteiger partial charge in [-0.05, 0) is 78.5 Å². The normalized spacial score (nSPS) is 11.9.